The molecule has 0 aliphatic carbocycles. The van der Waals surface area contributed by atoms with E-state index in [2.05, 4.69) is 10.5 Å². The first-order valence-electron chi connectivity index (χ1n) is 6.14. The number of carbonyl (C=O) groups excluding carboxylic acids is 1. The third-order valence-corrected chi connectivity index (χ3v) is 3.51. The van der Waals surface area contributed by atoms with Crippen molar-refractivity contribution in [3.05, 3.63) is 67.7 Å². The number of nitrogens with one attached hydrogen (secondary N) is 1. The van der Waals surface area contributed by atoms with E-state index in [1.54, 1.807) is 0 Å². The Labute approximate surface area is 140 Å². The number of rotatable bonds is 4. The fraction of sp³-hybridized carbons (Fsp3) is 0. The van der Waals surface area contributed by atoms with Crippen LogP contribution in [0.3, 0.4) is 0 Å². The lowest BCUT2D eigenvalue weighted by Crippen LogP contribution is -2.17. The molecular formula is C14H9Cl2N3O4. The average molecular weight is 354 g/mol. The molecule has 2 N–H and O–H groups in total. The van der Waals surface area contributed by atoms with Crippen LogP contribution < -0.4 is 5.43 Å². The summed E-state index contributed by atoms with van der Waals surface area (Å²) in [7, 11) is 0. The number of benzene rings is 2. The number of phenols is 1. The van der Waals surface area contributed by atoms with Crippen molar-refractivity contribution < 1.29 is 14.8 Å². The lowest BCUT2D eigenvalue weighted by Gasteiger charge is -2.02. The van der Waals surface area contributed by atoms with Gasteiger partial charge in [-0.2, -0.15) is 5.10 Å². The van der Waals surface area contributed by atoms with Gasteiger partial charge in [0.15, 0.2) is 0 Å². The summed E-state index contributed by atoms with van der Waals surface area (Å²) in [4.78, 5) is 21.9. The first-order valence-corrected chi connectivity index (χ1v) is 6.90. The highest BCUT2D eigenvalue weighted by atomic mass is 35.5. The molecule has 2 rings (SSSR count). The average Bonchev–Trinajstić information content (AvgIpc) is 2.51. The minimum atomic E-state index is -0.606. The highest BCUT2D eigenvalue weighted by Crippen LogP contribution is 2.23. The van der Waals surface area contributed by atoms with Crippen LogP contribution in [0.1, 0.15) is 15.9 Å². The number of carbonyl (C=O) groups is 1. The van der Waals surface area contributed by atoms with Crippen LogP contribution >= 0.6 is 23.2 Å². The maximum absolute atomic E-state index is 11.9. The molecule has 1 amide bonds. The van der Waals surface area contributed by atoms with Crippen molar-refractivity contribution in [2.45, 2.75) is 0 Å². The first kappa shape index (κ1) is 16.7. The summed E-state index contributed by atoms with van der Waals surface area (Å²) in [5, 5.41) is 24.5. The number of nitro groups is 1. The number of nitro benzene ring substituents is 1. The Balaban J connectivity index is 2.12. The van der Waals surface area contributed by atoms with E-state index in [0.29, 0.717) is 5.02 Å². The number of aromatic hydroxyl groups is 1. The van der Waals surface area contributed by atoms with Crippen LogP contribution in [0.4, 0.5) is 5.69 Å². The molecule has 0 radical (unpaired) electrons. The van der Waals surface area contributed by atoms with Gasteiger partial charge in [-0.25, -0.2) is 5.43 Å². The quantitative estimate of drug-likeness (QED) is 0.499. The third-order valence-electron chi connectivity index (χ3n) is 2.77. The molecule has 2 aromatic rings. The van der Waals surface area contributed by atoms with E-state index < -0.39 is 10.8 Å². The molecule has 0 saturated carbocycles. The molecule has 0 aromatic heterocycles. The van der Waals surface area contributed by atoms with E-state index in [0.717, 1.165) is 18.3 Å². The lowest BCUT2D eigenvalue weighted by molar-refractivity contribution is -0.384. The van der Waals surface area contributed by atoms with Gasteiger partial charge in [0.2, 0.25) is 0 Å². The fourth-order valence-corrected chi connectivity index (χ4v) is 1.92. The molecule has 7 nitrogen and oxygen atoms in total. The Kier molecular flexibility index (Phi) is 5.15. The molecule has 0 fully saturated rings. The number of nitrogens with zero attached hydrogens (tertiary/aromatic N) is 2. The molecule has 118 valence electrons. The molecule has 9 heteroatoms. The van der Waals surface area contributed by atoms with Crippen molar-refractivity contribution in [2.75, 3.05) is 0 Å². The van der Waals surface area contributed by atoms with E-state index in [1.165, 1.54) is 24.3 Å². The Morgan fingerprint density at radius 1 is 1.22 bits per heavy atom. The van der Waals surface area contributed by atoms with Gasteiger partial charge in [-0.3, -0.25) is 14.9 Å². The van der Waals surface area contributed by atoms with Gasteiger partial charge in [0.05, 0.1) is 21.2 Å². The standard InChI is InChI=1S/C14H9Cl2N3O4/c15-11-3-1-8(6-12(11)16)14(21)18-17-7-9-5-10(19(22)23)2-4-13(9)20/h1-7,20H,(H,18,21). The summed E-state index contributed by atoms with van der Waals surface area (Å²) in [5.74, 6) is -0.757. The van der Waals surface area contributed by atoms with E-state index in [-0.39, 0.29) is 27.6 Å². The largest absolute Gasteiger partial charge is 0.507 e. The molecular weight excluding hydrogens is 345 g/mol. The maximum Gasteiger partial charge on any atom is 0.271 e. The summed E-state index contributed by atoms with van der Waals surface area (Å²) in [5.41, 5.74) is 2.34. The molecule has 0 spiro atoms. The number of phenolic OH excluding ortho intramolecular Hbond substituents is 1. The monoisotopic (exact) mass is 353 g/mol. The topological polar surface area (TPSA) is 105 Å². The van der Waals surface area contributed by atoms with E-state index >= 15 is 0 Å². The van der Waals surface area contributed by atoms with Gasteiger partial charge in [-0.05, 0) is 24.3 Å². The number of hydrogen-bond donors (Lipinski definition) is 2. The second kappa shape index (κ2) is 7.08. The van der Waals surface area contributed by atoms with Crippen LogP contribution in [0.5, 0.6) is 5.75 Å². The lowest BCUT2D eigenvalue weighted by atomic mass is 10.2. The van der Waals surface area contributed by atoms with Gasteiger partial charge in [0.25, 0.3) is 11.6 Å². The predicted octanol–water partition coefficient (Wildman–Crippen LogP) is 3.37. The summed E-state index contributed by atoms with van der Waals surface area (Å²) >= 11 is 11.6. The first-order chi connectivity index (χ1) is 10.9. The normalized spacial score (nSPS) is 10.7. The molecule has 0 aliphatic rings. The van der Waals surface area contributed by atoms with Crippen LogP contribution in [-0.2, 0) is 0 Å². The minimum Gasteiger partial charge on any atom is -0.507 e. The third kappa shape index (κ3) is 4.18. The van der Waals surface area contributed by atoms with Gasteiger partial charge in [-0.15, -0.1) is 0 Å². The van der Waals surface area contributed by atoms with E-state index in [1.807, 2.05) is 0 Å². The number of halogens is 2. The van der Waals surface area contributed by atoms with Crippen LogP contribution in [0.25, 0.3) is 0 Å². The smallest absolute Gasteiger partial charge is 0.271 e. The molecule has 0 unspecified atom stereocenters. The van der Waals surface area contributed by atoms with Gasteiger partial charge >= 0.3 is 0 Å². The molecule has 0 atom stereocenters. The van der Waals surface area contributed by atoms with Crippen molar-refractivity contribution >= 4 is 41.0 Å². The molecule has 0 bridgehead atoms. The maximum atomic E-state index is 11.9. The molecule has 23 heavy (non-hydrogen) atoms. The number of hydrogen-bond acceptors (Lipinski definition) is 5. The summed E-state index contributed by atoms with van der Waals surface area (Å²) in [6.07, 6.45) is 1.09. The van der Waals surface area contributed by atoms with Crippen molar-refractivity contribution in [3.63, 3.8) is 0 Å². The second-order valence-electron chi connectivity index (χ2n) is 4.33. The van der Waals surface area contributed by atoms with E-state index in [4.69, 9.17) is 23.2 Å². The Bertz CT molecular complexity index is 809. The fourth-order valence-electron chi connectivity index (χ4n) is 1.62. The Hall–Kier alpha value is -2.64. The van der Waals surface area contributed by atoms with Gasteiger partial charge < -0.3 is 5.11 Å². The van der Waals surface area contributed by atoms with Gasteiger partial charge in [0, 0.05) is 23.3 Å². The number of amides is 1. The van der Waals surface area contributed by atoms with Crippen LogP contribution in [0.2, 0.25) is 10.0 Å². The molecule has 0 aliphatic heterocycles. The molecule has 2 aromatic carbocycles. The highest BCUT2D eigenvalue weighted by Gasteiger charge is 2.10. The highest BCUT2D eigenvalue weighted by molar-refractivity contribution is 6.42. The Morgan fingerprint density at radius 3 is 2.61 bits per heavy atom. The van der Waals surface area contributed by atoms with Gasteiger partial charge in [0.1, 0.15) is 5.75 Å². The zero-order chi connectivity index (χ0) is 17.0. The number of non-ortho nitro benzene ring substituents is 1. The number of hydrazone groups is 1. The SMILES string of the molecule is O=C(NN=Cc1cc([N+](=O)[O-])ccc1O)c1ccc(Cl)c(Cl)c1. The zero-order valence-electron chi connectivity index (χ0n) is 11.4. The van der Waals surface area contributed by atoms with Crippen molar-refractivity contribution in [3.8, 4) is 5.75 Å². The van der Waals surface area contributed by atoms with Crippen LogP contribution in [0, 0.1) is 10.1 Å². The zero-order valence-corrected chi connectivity index (χ0v) is 12.9. The van der Waals surface area contributed by atoms with Gasteiger partial charge in [-0.1, -0.05) is 23.2 Å². The van der Waals surface area contributed by atoms with Crippen molar-refractivity contribution in [1.29, 1.82) is 0 Å². The van der Waals surface area contributed by atoms with Crippen LogP contribution in [0.15, 0.2) is 41.5 Å². The van der Waals surface area contributed by atoms with Crippen molar-refractivity contribution in [1.82, 2.24) is 5.43 Å². The Morgan fingerprint density at radius 2 is 1.96 bits per heavy atom. The second-order valence-corrected chi connectivity index (χ2v) is 5.14. The minimum absolute atomic E-state index is 0.0913. The predicted molar refractivity (Wildman–Crippen MR) is 86.3 cm³/mol. The summed E-state index contributed by atoms with van der Waals surface area (Å²) in [6.45, 7) is 0. The summed E-state index contributed by atoms with van der Waals surface area (Å²) in [6, 6.07) is 7.75. The summed E-state index contributed by atoms with van der Waals surface area (Å²) < 4.78 is 0. The van der Waals surface area contributed by atoms with E-state index in [9.17, 15) is 20.0 Å². The molecule has 0 heterocycles. The molecule has 0 saturated heterocycles. The van der Waals surface area contributed by atoms with Crippen molar-refractivity contribution in [2.24, 2.45) is 5.10 Å². The van der Waals surface area contributed by atoms with Crippen LogP contribution in [-0.4, -0.2) is 22.2 Å².